The third kappa shape index (κ3) is 7.38. The maximum absolute atomic E-state index is 13.5. The Morgan fingerprint density at radius 1 is 0.340 bits per heavy atom. The van der Waals surface area contributed by atoms with Crippen LogP contribution in [0.2, 0.25) is 0 Å². The van der Waals surface area contributed by atoms with Gasteiger partial charge in [-0.25, -0.2) is 0 Å². The summed E-state index contributed by atoms with van der Waals surface area (Å²) in [6.45, 7) is 0. The molecule has 0 radical (unpaired) electrons. The topological polar surface area (TPSA) is 0 Å². The van der Waals surface area contributed by atoms with E-state index in [1.165, 1.54) is 24.3 Å². The van der Waals surface area contributed by atoms with Gasteiger partial charge in [-0.2, -0.15) is 0 Å². The SMILES string of the molecule is FC(F)(F)c1ccc(C#[C][Ge]2([C]#Cc3ccc(C(F)(F)F)cc3)[C](c3ccccc3)=C(c3ccccc3)C(c3ccccc3)=[C]2c2ccccc2)cc1. The summed E-state index contributed by atoms with van der Waals surface area (Å²) in [6, 6.07) is 49.0. The average molecular weight is 767 g/mol. The molecule has 7 rings (SSSR count). The van der Waals surface area contributed by atoms with Gasteiger partial charge in [0.15, 0.2) is 0 Å². The standard InChI is InChI=1S/C46H28F6Ge/c47-45(48,49)39-25-21-33(22-26-39)29-31-53(32-30-34-23-27-40(28-24-34)46(50,51)52)43(37-17-9-3-10-18-37)41(35-13-5-1-6-14-35)42(36-15-7-2-8-16-36)44(53)38-19-11-4-12-20-38/h1-28H. The molecule has 0 unspecified atom stereocenters. The molecule has 53 heavy (non-hydrogen) atoms. The monoisotopic (exact) mass is 768 g/mol. The fourth-order valence-corrected chi connectivity index (χ4v) is 14.9. The molecule has 0 aromatic heterocycles. The van der Waals surface area contributed by atoms with Gasteiger partial charge in [0.2, 0.25) is 0 Å². The van der Waals surface area contributed by atoms with Gasteiger partial charge in [0, 0.05) is 0 Å². The van der Waals surface area contributed by atoms with Gasteiger partial charge in [0.1, 0.15) is 0 Å². The van der Waals surface area contributed by atoms with Crippen LogP contribution in [0.5, 0.6) is 0 Å². The molecule has 1 heterocycles. The Balaban J connectivity index is 1.63. The van der Waals surface area contributed by atoms with Crippen LogP contribution in [0.3, 0.4) is 0 Å². The van der Waals surface area contributed by atoms with Crippen LogP contribution in [0, 0.1) is 21.3 Å². The molecule has 0 amide bonds. The molecule has 0 aliphatic carbocycles. The van der Waals surface area contributed by atoms with Gasteiger partial charge in [-0.05, 0) is 0 Å². The molecule has 0 atom stereocenters. The van der Waals surface area contributed by atoms with Gasteiger partial charge in [-0.1, -0.05) is 0 Å². The summed E-state index contributed by atoms with van der Waals surface area (Å²) in [5.74, 6) is 6.52. The summed E-state index contributed by atoms with van der Waals surface area (Å²) in [4.78, 5) is 0. The van der Waals surface area contributed by atoms with Crippen molar-refractivity contribution >= 4 is 33.2 Å². The van der Waals surface area contributed by atoms with Gasteiger partial charge in [-0.3, -0.25) is 0 Å². The number of allylic oxidation sites excluding steroid dienone is 2. The van der Waals surface area contributed by atoms with E-state index in [1.54, 1.807) is 0 Å². The van der Waals surface area contributed by atoms with E-state index in [1.807, 2.05) is 121 Å². The van der Waals surface area contributed by atoms with Crippen molar-refractivity contribution < 1.29 is 26.3 Å². The molecule has 0 nitrogen and oxygen atoms in total. The number of hydrogen-bond acceptors (Lipinski definition) is 0. The van der Waals surface area contributed by atoms with Crippen molar-refractivity contribution in [1.29, 1.82) is 0 Å². The number of hydrogen-bond donors (Lipinski definition) is 0. The van der Waals surface area contributed by atoms with E-state index in [4.69, 9.17) is 0 Å². The van der Waals surface area contributed by atoms with Gasteiger partial charge in [0.25, 0.3) is 0 Å². The van der Waals surface area contributed by atoms with Crippen LogP contribution in [0.15, 0.2) is 170 Å². The number of rotatable bonds is 4. The summed E-state index contributed by atoms with van der Waals surface area (Å²) < 4.78 is 90.4. The Hall–Kier alpha value is -5.96. The van der Waals surface area contributed by atoms with E-state index in [-0.39, 0.29) is 0 Å². The zero-order chi connectivity index (χ0) is 37.1. The fraction of sp³-hybridized carbons (Fsp3) is 0.0435. The van der Waals surface area contributed by atoms with E-state index < -0.39 is 36.7 Å². The molecule has 1 aliphatic rings. The molecule has 6 aromatic carbocycles. The average Bonchev–Trinajstić information content (AvgIpc) is 3.48. The minimum atomic E-state index is -4.54. The zero-order valence-electron chi connectivity index (χ0n) is 27.9. The molecule has 0 bridgehead atoms. The van der Waals surface area contributed by atoms with Crippen LogP contribution in [0.4, 0.5) is 26.3 Å². The molecule has 0 spiro atoms. The van der Waals surface area contributed by atoms with Crippen LogP contribution in [-0.4, -0.2) is 13.3 Å². The second kappa shape index (κ2) is 14.6. The van der Waals surface area contributed by atoms with Crippen molar-refractivity contribution in [2.75, 3.05) is 0 Å². The maximum atomic E-state index is 13.5. The summed E-state index contributed by atoms with van der Waals surface area (Å²) in [5.41, 5.74) is 4.70. The second-order valence-corrected chi connectivity index (χ2v) is 18.7. The van der Waals surface area contributed by atoms with E-state index in [0.29, 0.717) is 11.1 Å². The molecule has 7 heteroatoms. The van der Waals surface area contributed by atoms with Gasteiger partial charge in [0.05, 0.1) is 0 Å². The van der Waals surface area contributed by atoms with Crippen molar-refractivity contribution in [3.63, 3.8) is 0 Å². The first-order valence-electron chi connectivity index (χ1n) is 16.7. The number of benzene rings is 6. The van der Waals surface area contributed by atoms with E-state index in [9.17, 15) is 26.3 Å². The van der Waals surface area contributed by atoms with E-state index in [2.05, 4.69) is 21.3 Å². The van der Waals surface area contributed by atoms with Crippen molar-refractivity contribution in [3.8, 4) is 21.3 Å². The van der Waals surface area contributed by atoms with E-state index >= 15 is 0 Å². The summed E-state index contributed by atoms with van der Waals surface area (Å²) in [7, 11) is 0. The minimum absolute atomic E-state index is 0.383. The Labute approximate surface area is 306 Å². The molecule has 0 fully saturated rings. The van der Waals surface area contributed by atoms with Gasteiger partial charge in [-0.15, -0.1) is 0 Å². The van der Waals surface area contributed by atoms with Crippen molar-refractivity contribution in [1.82, 2.24) is 0 Å². The second-order valence-electron chi connectivity index (χ2n) is 12.4. The van der Waals surface area contributed by atoms with Crippen molar-refractivity contribution in [3.05, 3.63) is 214 Å². The van der Waals surface area contributed by atoms with Crippen molar-refractivity contribution in [2.45, 2.75) is 12.4 Å². The predicted octanol–water partition coefficient (Wildman–Crippen LogP) is 12.0. The van der Waals surface area contributed by atoms with Crippen LogP contribution in [0.25, 0.3) is 20.0 Å². The molecular formula is C46H28F6Ge. The summed E-state index contributed by atoms with van der Waals surface area (Å²) >= 11 is -4.54. The quantitative estimate of drug-likeness (QED) is 0.0952. The third-order valence-corrected chi connectivity index (χ3v) is 16.5. The first-order chi connectivity index (χ1) is 25.5. The normalized spacial score (nSPS) is 13.9. The molecule has 1 aliphatic heterocycles. The molecule has 0 saturated heterocycles. The molecule has 258 valence electrons. The van der Waals surface area contributed by atoms with Crippen LogP contribution < -0.4 is 0 Å². The van der Waals surface area contributed by atoms with Crippen LogP contribution in [-0.2, 0) is 12.4 Å². The van der Waals surface area contributed by atoms with Crippen molar-refractivity contribution in [2.24, 2.45) is 0 Å². The zero-order valence-corrected chi connectivity index (χ0v) is 30.0. The Kier molecular flexibility index (Phi) is 9.75. The number of halogens is 6. The summed E-state index contributed by atoms with van der Waals surface area (Å²) in [5, 5.41) is 0. The first kappa shape index (κ1) is 35.4. The summed E-state index contributed by atoms with van der Waals surface area (Å²) in [6.07, 6.45) is -9.02. The molecule has 0 saturated carbocycles. The number of alkyl halides is 6. The predicted molar refractivity (Wildman–Crippen MR) is 202 cm³/mol. The van der Waals surface area contributed by atoms with Gasteiger partial charge < -0.3 is 0 Å². The van der Waals surface area contributed by atoms with Crippen LogP contribution >= 0.6 is 0 Å². The van der Waals surface area contributed by atoms with E-state index in [0.717, 1.165) is 66.5 Å². The Morgan fingerprint density at radius 2 is 0.623 bits per heavy atom. The molecular weight excluding hydrogens is 739 g/mol. The van der Waals surface area contributed by atoms with Gasteiger partial charge >= 0.3 is 308 Å². The third-order valence-electron chi connectivity index (χ3n) is 8.96. The Bertz CT molecular complexity index is 2250. The van der Waals surface area contributed by atoms with Crippen LogP contribution in [0.1, 0.15) is 44.5 Å². The first-order valence-corrected chi connectivity index (χ1v) is 20.9. The molecule has 0 N–H and O–H groups in total. The Morgan fingerprint density at radius 3 is 0.906 bits per heavy atom. The fourth-order valence-electron chi connectivity index (χ4n) is 6.57. The molecule has 6 aromatic rings.